The Bertz CT molecular complexity index is 651. The number of aromatic nitrogens is 2. The molecule has 0 unspecified atom stereocenters. The smallest absolute Gasteiger partial charge is 0.123 e. The summed E-state index contributed by atoms with van der Waals surface area (Å²) in [5, 5.41) is 14.4. The summed E-state index contributed by atoms with van der Waals surface area (Å²) in [5.74, 6) is -0.244. The fourth-order valence-electron chi connectivity index (χ4n) is 3.39. The van der Waals surface area contributed by atoms with Crippen LogP contribution in [0.1, 0.15) is 32.3 Å². The molecule has 1 aromatic carbocycles. The monoisotopic (exact) mass is 317 g/mol. The summed E-state index contributed by atoms with van der Waals surface area (Å²) >= 11 is 0. The van der Waals surface area contributed by atoms with E-state index in [2.05, 4.69) is 23.8 Å². The Hall–Kier alpha value is -1.72. The number of nitrogens with zero attached hydrogens (tertiary/aromatic N) is 3. The maximum atomic E-state index is 13.0. The molecule has 1 atom stereocenters. The summed E-state index contributed by atoms with van der Waals surface area (Å²) in [6.45, 7) is 7.09. The molecular formula is C18H24FN3O. The standard InChI is InChI=1S/C18H24FN3O/c1-18(2)9-17(23)7-8-21(13-18)11-14-10-20-22(12-14)16-5-3-15(19)4-6-16/h3-6,10,12,17,23H,7-9,11,13H2,1-2H3/t17-/m0/s1. The number of halogens is 1. The maximum absolute atomic E-state index is 13.0. The van der Waals surface area contributed by atoms with Gasteiger partial charge in [0.05, 0.1) is 18.0 Å². The molecule has 23 heavy (non-hydrogen) atoms. The lowest BCUT2D eigenvalue weighted by Gasteiger charge is -2.29. The van der Waals surface area contributed by atoms with E-state index in [0.29, 0.717) is 0 Å². The number of likely N-dealkylation sites (tertiary alicyclic amines) is 1. The van der Waals surface area contributed by atoms with E-state index in [0.717, 1.165) is 43.7 Å². The molecule has 1 aromatic heterocycles. The van der Waals surface area contributed by atoms with Gasteiger partial charge in [-0.3, -0.25) is 4.90 Å². The van der Waals surface area contributed by atoms with Crippen molar-refractivity contribution in [3.8, 4) is 5.69 Å². The molecule has 2 aromatic rings. The molecular weight excluding hydrogens is 293 g/mol. The second-order valence-electron chi connectivity index (χ2n) is 7.29. The van der Waals surface area contributed by atoms with Gasteiger partial charge in [0.25, 0.3) is 0 Å². The van der Waals surface area contributed by atoms with E-state index >= 15 is 0 Å². The van der Waals surface area contributed by atoms with Crippen molar-refractivity contribution in [1.82, 2.24) is 14.7 Å². The Labute approximate surface area is 136 Å². The van der Waals surface area contributed by atoms with Crippen molar-refractivity contribution in [3.63, 3.8) is 0 Å². The van der Waals surface area contributed by atoms with Gasteiger partial charge in [0, 0.05) is 31.4 Å². The van der Waals surface area contributed by atoms with Gasteiger partial charge in [0.15, 0.2) is 0 Å². The van der Waals surface area contributed by atoms with Crippen LogP contribution in [-0.4, -0.2) is 39.0 Å². The second-order valence-corrected chi connectivity index (χ2v) is 7.29. The molecule has 3 rings (SSSR count). The van der Waals surface area contributed by atoms with Crippen molar-refractivity contribution >= 4 is 0 Å². The van der Waals surface area contributed by atoms with Crippen LogP contribution >= 0.6 is 0 Å². The summed E-state index contributed by atoms with van der Waals surface area (Å²) < 4.78 is 14.8. The molecule has 1 fully saturated rings. The molecule has 0 spiro atoms. The van der Waals surface area contributed by atoms with Crippen LogP contribution in [0.4, 0.5) is 4.39 Å². The van der Waals surface area contributed by atoms with Crippen molar-refractivity contribution in [1.29, 1.82) is 0 Å². The number of aliphatic hydroxyl groups is 1. The third kappa shape index (κ3) is 4.18. The quantitative estimate of drug-likeness (QED) is 0.946. The topological polar surface area (TPSA) is 41.3 Å². The Morgan fingerprint density at radius 2 is 2.04 bits per heavy atom. The molecule has 124 valence electrons. The predicted molar refractivity (Wildman–Crippen MR) is 87.8 cm³/mol. The highest BCUT2D eigenvalue weighted by Gasteiger charge is 2.29. The summed E-state index contributed by atoms with van der Waals surface area (Å²) in [6, 6.07) is 6.32. The normalized spacial score (nSPS) is 22.0. The minimum Gasteiger partial charge on any atom is -0.393 e. The highest BCUT2D eigenvalue weighted by molar-refractivity contribution is 5.31. The summed E-state index contributed by atoms with van der Waals surface area (Å²) in [4.78, 5) is 2.38. The van der Waals surface area contributed by atoms with Crippen LogP contribution in [0.5, 0.6) is 0 Å². The van der Waals surface area contributed by atoms with E-state index < -0.39 is 0 Å². The predicted octanol–water partition coefficient (Wildman–Crippen LogP) is 2.99. The zero-order valence-corrected chi connectivity index (χ0v) is 13.7. The summed E-state index contributed by atoms with van der Waals surface area (Å²) in [6.07, 6.45) is 5.30. The molecule has 5 heteroatoms. The third-order valence-corrected chi connectivity index (χ3v) is 4.35. The molecule has 2 heterocycles. The fourth-order valence-corrected chi connectivity index (χ4v) is 3.39. The van der Waals surface area contributed by atoms with E-state index in [1.807, 2.05) is 12.4 Å². The van der Waals surface area contributed by atoms with Crippen LogP contribution < -0.4 is 0 Å². The van der Waals surface area contributed by atoms with E-state index in [-0.39, 0.29) is 17.3 Å². The number of hydrogen-bond donors (Lipinski definition) is 1. The van der Waals surface area contributed by atoms with Gasteiger partial charge in [0.2, 0.25) is 0 Å². The van der Waals surface area contributed by atoms with E-state index in [1.165, 1.54) is 12.1 Å². The second kappa shape index (κ2) is 6.42. The Kier molecular flexibility index (Phi) is 4.50. The average Bonchev–Trinajstić information content (AvgIpc) is 2.88. The average molecular weight is 317 g/mol. The van der Waals surface area contributed by atoms with Crippen LogP contribution in [0.15, 0.2) is 36.7 Å². The molecule has 0 saturated carbocycles. The van der Waals surface area contributed by atoms with Gasteiger partial charge in [-0.2, -0.15) is 5.10 Å². The highest BCUT2D eigenvalue weighted by Crippen LogP contribution is 2.29. The van der Waals surface area contributed by atoms with Gasteiger partial charge in [-0.05, 0) is 42.5 Å². The van der Waals surface area contributed by atoms with Gasteiger partial charge in [-0.25, -0.2) is 9.07 Å². The molecule has 0 radical (unpaired) electrons. The van der Waals surface area contributed by atoms with Crippen LogP contribution in [-0.2, 0) is 6.54 Å². The lowest BCUT2D eigenvalue weighted by atomic mass is 9.87. The van der Waals surface area contributed by atoms with Crippen molar-refractivity contribution in [3.05, 3.63) is 48.0 Å². The number of benzene rings is 1. The molecule has 4 nitrogen and oxygen atoms in total. The minimum atomic E-state index is -0.244. The first kappa shape index (κ1) is 16.1. The number of hydrogen-bond acceptors (Lipinski definition) is 3. The van der Waals surface area contributed by atoms with Crippen LogP contribution in [0.2, 0.25) is 0 Å². The molecule has 1 N–H and O–H groups in total. The van der Waals surface area contributed by atoms with Crippen LogP contribution in [0, 0.1) is 11.2 Å². The molecule has 0 amide bonds. The molecule has 1 aliphatic heterocycles. The maximum Gasteiger partial charge on any atom is 0.123 e. The van der Waals surface area contributed by atoms with Gasteiger partial charge >= 0.3 is 0 Å². The Balaban J connectivity index is 1.70. The Morgan fingerprint density at radius 3 is 2.78 bits per heavy atom. The Morgan fingerprint density at radius 1 is 1.30 bits per heavy atom. The minimum absolute atomic E-state index is 0.114. The third-order valence-electron chi connectivity index (χ3n) is 4.35. The van der Waals surface area contributed by atoms with Gasteiger partial charge in [-0.15, -0.1) is 0 Å². The number of rotatable bonds is 3. The molecule has 0 aliphatic carbocycles. The first-order chi connectivity index (χ1) is 10.9. The van der Waals surface area contributed by atoms with E-state index in [4.69, 9.17) is 0 Å². The lowest BCUT2D eigenvalue weighted by molar-refractivity contribution is 0.121. The van der Waals surface area contributed by atoms with Crippen molar-refractivity contribution in [2.24, 2.45) is 5.41 Å². The summed E-state index contributed by atoms with van der Waals surface area (Å²) in [7, 11) is 0. The van der Waals surface area contributed by atoms with Gasteiger partial charge in [0.1, 0.15) is 5.82 Å². The van der Waals surface area contributed by atoms with Gasteiger partial charge < -0.3 is 5.11 Å². The zero-order valence-electron chi connectivity index (χ0n) is 13.7. The first-order valence-corrected chi connectivity index (χ1v) is 8.11. The largest absolute Gasteiger partial charge is 0.393 e. The highest BCUT2D eigenvalue weighted by atomic mass is 19.1. The fraction of sp³-hybridized carbons (Fsp3) is 0.500. The molecule has 0 bridgehead atoms. The molecule has 1 saturated heterocycles. The number of aliphatic hydroxyl groups excluding tert-OH is 1. The van der Waals surface area contributed by atoms with Crippen molar-refractivity contribution in [2.45, 2.75) is 39.3 Å². The van der Waals surface area contributed by atoms with Crippen molar-refractivity contribution < 1.29 is 9.50 Å². The van der Waals surface area contributed by atoms with E-state index in [1.54, 1.807) is 16.8 Å². The van der Waals surface area contributed by atoms with Crippen molar-refractivity contribution in [2.75, 3.05) is 13.1 Å². The van der Waals surface area contributed by atoms with Gasteiger partial charge in [-0.1, -0.05) is 13.8 Å². The van der Waals surface area contributed by atoms with E-state index in [9.17, 15) is 9.50 Å². The zero-order chi connectivity index (χ0) is 16.4. The van der Waals surface area contributed by atoms with Crippen LogP contribution in [0.25, 0.3) is 5.69 Å². The van der Waals surface area contributed by atoms with Crippen LogP contribution in [0.3, 0.4) is 0 Å². The first-order valence-electron chi connectivity index (χ1n) is 8.11. The lowest BCUT2D eigenvalue weighted by Crippen LogP contribution is -2.32. The molecule has 1 aliphatic rings. The SMILES string of the molecule is CC1(C)C[C@@H](O)CCN(Cc2cnn(-c3ccc(F)cc3)c2)C1. The summed E-state index contributed by atoms with van der Waals surface area (Å²) in [5.41, 5.74) is 2.09.